The van der Waals surface area contributed by atoms with Crippen LogP contribution in [-0.4, -0.2) is 37.4 Å². The van der Waals surface area contributed by atoms with Crippen molar-refractivity contribution in [1.29, 1.82) is 0 Å². The Morgan fingerprint density at radius 3 is 2.71 bits per heavy atom. The van der Waals surface area contributed by atoms with E-state index in [9.17, 15) is 4.79 Å². The first-order valence-electron chi connectivity index (χ1n) is 10.2. The molecule has 2 heterocycles. The third-order valence-corrected chi connectivity index (χ3v) is 6.04. The molecule has 3 aromatic rings. The highest BCUT2D eigenvalue weighted by molar-refractivity contribution is 7.12. The third kappa shape index (κ3) is 4.88. The Morgan fingerprint density at radius 2 is 1.94 bits per heavy atom. The lowest BCUT2D eigenvalue weighted by Crippen LogP contribution is -2.26. The monoisotopic (exact) mass is 435 g/mol. The summed E-state index contributed by atoms with van der Waals surface area (Å²) in [5, 5.41) is 11.9. The number of methoxy groups -OCH3 is 2. The fraction of sp³-hybridized carbons (Fsp3) is 0.250. The van der Waals surface area contributed by atoms with Gasteiger partial charge in [0.2, 0.25) is 0 Å². The van der Waals surface area contributed by atoms with Crippen molar-refractivity contribution < 1.29 is 14.3 Å². The number of benzene rings is 2. The molecule has 1 aliphatic rings. The quantitative estimate of drug-likeness (QED) is 0.566. The number of rotatable bonds is 7. The van der Waals surface area contributed by atoms with Crippen LogP contribution in [-0.2, 0) is 6.54 Å². The molecule has 31 heavy (non-hydrogen) atoms. The third-order valence-electron chi connectivity index (χ3n) is 5.17. The van der Waals surface area contributed by atoms with Crippen LogP contribution in [0.25, 0.3) is 0 Å². The van der Waals surface area contributed by atoms with Crippen molar-refractivity contribution in [1.82, 2.24) is 5.01 Å². The Morgan fingerprint density at radius 1 is 1.10 bits per heavy atom. The SMILES string of the molecule is COc1ccc(C2=NN(Cc3ccccc3NC(=O)c3cccs3)CCC2)cc1OC. The minimum Gasteiger partial charge on any atom is -0.493 e. The van der Waals surface area contributed by atoms with Gasteiger partial charge in [-0.2, -0.15) is 5.10 Å². The van der Waals surface area contributed by atoms with Gasteiger partial charge in [-0.15, -0.1) is 11.3 Å². The van der Waals surface area contributed by atoms with Crippen LogP contribution in [0.4, 0.5) is 5.69 Å². The van der Waals surface area contributed by atoms with E-state index in [2.05, 4.69) is 10.3 Å². The van der Waals surface area contributed by atoms with E-state index in [0.717, 1.165) is 41.9 Å². The summed E-state index contributed by atoms with van der Waals surface area (Å²) in [5.41, 5.74) is 3.90. The Kier molecular flexibility index (Phi) is 6.52. The molecule has 0 spiro atoms. The van der Waals surface area contributed by atoms with Gasteiger partial charge >= 0.3 is 0 Å². The van der Waals surface area contributed by atoms with Crippen molar-refractivity contribution in [2.45, 2.75) is 19.4 Å². The van der Waals surface area contributed by atoms with E-state index in [0.29, 0.717) is 22.9 Å². The number of thiophene rings is 1. The van der Waals surface area contributed by atoms with E-state index in [1.54, 1.807) is 14.2 Å². The molecule has 6 nitrogen and oxygen atoms in total. The fourth-order valence-corrected chi connectivity index (χ4v) is 4.22. The van der Waals surface area contributed by atoms with Crippen LogP contribution >= 0.6 is 11.3 Å². The second-order valence-electron chi connectivity index (χ2n) is 7.20. The smallest absolute Gasteiger partial charge is 0.265 e. The summed E-state index contributed by atoms with van der Waals surface area (Å²) in [4.78, 5) is 13.2. The minimum absolute atomic E-state index is 0.0874. The predicted octanol–water partition coefficient (Wildman–Crippen LogP) is 5.02. The average molecular weight is 436 g/mol. The summed E-state index contributed by atoms with van der Waals surface area (Å²) in [6.07, 6.45) is 1.92. The number of nitrogens with zero attached hydrogens (tertiary/aromatic N) is 2. The van der Waals surface area contributed by atoms with Gasteiger partial charge in [0, 0.05) is 17.8 Å². The molecule has 160 valence electrons. The van der Waals surface area contributed by atoms with Gasteiger partial charge in [0.25, 0.3) is 5.91 Å². The van der Waals surface area contributed by atoms with Crippen molar-refractivity contribution in [3.63, 3.8) is 0 Å². The molecular weight excluding hydrogens is 410 g/mol. The normalized spacial score (nSPS) is 13.5. The van der Waals surface area contributed by atoms with E-state index in [4.69, 9.17) is 14.6 Å². The molecule has 7 heteroatoms. The number of nitrogens with one attached hydrogen (secondary N) is 1. The highest BCUT2D eigenvalue weighted by atomic mass is 32.1. The molecule has 0 saturated heterocycles. The summed E-state index contributed by atoms with van der Waals surface area (Å²) >= 11 is 1.43. The van der Waals surface area contributed by atoms with Gasteiger partial charge < -0.3 is 14.8 Å². The van der Waals surface area contributed by atoms with Crippen molar-refractivity contribution in [3.8, 4) is 11.5 Å². The largest absolute Gasteiger partial charge is 0.493 e. The molecule has 1 aliphatic heterocycles. The maximum absolute atomic E-state index is 12.5. The van der Waals surface area contributed by atoms with Gasteiger partial charge in [-0.25, -0.2) is 0 Å². The Hall–Kier alpha value is -3.32. The average Bonchev–Trinajstić information content (AvgIpc) is 3.35. The van der Waals surface area contributed by atoms with Crippen LogP contribution in [0.15, 0.2) is 65.1 Å². The standard InChI is InChI=1S/C24H25N3O3S/c1-29-21-12-11-17(15-22(21)30-2)20-9-5-13-27(26-20)16-18-7-3-4-8-19(18)25-24(28)23-10-6-14-31-23/h3-4,6-8,10-12,14-15H,5,9,13,16H2,1-2H3,(H,25,28). The first-order valence-corrected chi connectivity index (χ1v) is 11.0. The number of hydrogen-bond acceptors (Lipinski definition) is 6. The number of para-hydroxylation sites is 1. The molecule has 0 fully saturated rings. The predicted molar refractivity (Wildman–Crippen MR) is 124 cm³/mol. The molecule has 0 saturated carbocycles. The van der Waals surface area contributed by atoms with Crippen LogP contribution in [0.3, 0.4) is 0 Å². The van der Waals surface area contributed by atoms with Crippen LogP contribution in [0.1, 0.15) is 33.6 Å². The molecule has 0 atom stereocenters. The topological polar surface area (TPSA) is 63.2 Å². The van der Waals surface area contributed by atoms with Crippen molar-refractivity contribution in [2.24, 2.45) is 5.10 Å². The zero-order valence-corrected chi connectivity index (χ0v) is 18.4. The van der Waals surface area contributed by atoms with E-state index in [1.165, 1.54) is 11.3 Å². The zero-order chi connectivity index (χ0) is 21.6. The summed E-state index contributed by atoms with van der Waals surface area (Å²) in [6.45, 7) is 1.49. The zero-order valence-electron chi connectivity index (χ0n) is 17.6. The molecule has 0 aliphatic carbocycles. The van der Waals surface area contributed by atoms with E-state index in [1.807, 2.05) is 60.0 Å². The summed E-state index contributed by atoms with van der Waals surface area (Å²) in [5.74, 6) is 1.31. The summed E-state index contributed by atoms with van der Waals surface area (Å²) < 4.78 is 10.8. The van der Waals surface area contributed by atoms with Crippen LogP contribution in [0.5, 0.6) is 11.5 Å². The summed E-state index contributed by atoms with van der Waals surface area (Å²) in [6, 6.07) is 17.5. The van der Waals surface area contributed by atoms with E-state index >= 15 is 0 Å². The lowest BCUT2D eigenvalue weighted by molar-refractivity contribution is 0.103. The van der Waals surface area contributed by atoms with Crippen molar-refractivity contribution >= 4 is 28.6 Å². The first kappa shape index (κ1) is 20.9. The Labute approximate surface area is 186 Å². The highest BCUT2D eigenvalue weighted by Gasteiger charge is 2.17. The van der Waals surface area contributed by atoms with Gasteiger partial charge in [0.1, 0.15) is 0 Å². The number of carbonyl (C=O) groups excluding carboxylic acids is 1. The lowest BCUT2D eigenvalue weighted by atomic mass is 10.0. The van der Waals surface area contributed by atoms with Crippen molar-refractivity contribution in [2.75, 3.05) is 26.1 Å². The van der Waals surface area contributed by atoms with Gasteiger partial charge in [-0.05, 0) is 54.1 Å². The second-order valence-corrected chi connectivity index (χ2v) is 8.14. The molecule has 0 unspecified atom stereocenters. The number of hydrazone groups is 1. The number of hydrogen-bond donors (Lipinski definition) is 1. The molecule has 0 bridgehead atoms. The number of anilines is 1. The molecule has 4 rings (SSSR count). The maximum atomic E-state index is 12.5. The van der Waals surface area contributed by atoms with Gasteiger partial charge in [-0.1, -0.05) is 24.3 Å². The minimum atomic E-state index is -0.0874. The van der Waals surface area contributed by atoms with Crippen LogP contribution in [0.2, 0.25) is 0 Å². The number of carbonyl (C=O) groups is 1. The molecule has 1 aromatic heterocycles. The number of amides is 1. The Balaban J connectivity index is 1.53. The Bertz CT molecular complexity index is 1080. The van der Waals surface area contributed by atoms with E-state index < -0.39 is 0 Å². The first-order chi connectivity index (χ1) is 15.2. The van der Waals surface area contributed by atoms with Gasteiger partial charge in [0.05, 0.1) is 31.4 Å². The fourth-order valence-electron chi connectivity index (χ4n) is 3.60. The van der Waals surface area contributed by atoms with Crippen LogP contribution < -0.4 is 14.8 Å². The number of ether oxygens (including phenoxy) is 2. The summed E-state index contributed by atoms with van der Waals surface area (Å²) in [7, 11) is 3.27. The molecule has 0 radical (unpaired) electrons. The molecule has 2 aromatic carbocycles. The molecular formula is C24H25N3O3S. The van der Waals surface area contributed by atoms with Crippen molar-refractivity contribution in [3.05, 3.63) is 76.0 Å². The van der Waals surface area contributed by atoms with Gasteiger partial charge in [-0.3, -0.25) is 9.80 Å². The molecule has 1 amide bonds. The van der Waals surface area contributed by atoms with Crippen LogP contribution in [0, 0.1) is 0 Å². The highest BCUT2D eigenvalue weighted by Crippen LogP contribution is 2.29. The maximum Gasteiger partial charge on any atom is 0.265 e. The van der Waals surface area contributed by atoms with Gasteiger partial charge in [0.15, 0.2) is 11.5 Å². The second kappa shape index (κ2) is 9.66. The lowest BCUT2D eigenvalue weighted by Gasteiger charge is -2.26. The molecule has 1 N–H and O–H groups in total. The van der Waals surface area contributed by atoms with E-state index in [-0.39, 0.29) is 5.91 Å².